The van der Waals surface area contributed by atoms with Crippen molar-refractivity contribution >= 4 is 17.1 Å². The predicted octanol–water partition coefficient (Wildman–Crippen LogP) is 15.2. The molecule has 9 aromatic carbocycles. The van der Waals surface area contributed by atoms with Crippen LogP contribution in [0.2, 0.25) is 0 Å². The number of hydrogen-bond acceptors (Lipinski definition) is 1. The largest absolute Gasteiger partial charge is 0.310 e. The maximum absolute atomic E-state index is 2.49. The van der Waals surface area contributed by atoms with Crippen molar-refractivity contribution in [3.05, 3.63) is 258 Å². The number of anilines is 3. The van der Waals surface area contributed by atoms with Gasteiger partial charge in [-0.2, -0.15) is 0 Å². The predicted molar refractivity (Wildman–Crippen MR) is 247 cm³/mol. The number of benzene rings is 9. The van der Waals surface area contributed by atoms with Gasteiger partial charge in [-0.3, -0.25) is 0 Å². The molecule has 0 N–H and O–H groups in total. The molecule has 0 atom stereocenters. The lowest BCUT2D eigenvalue weighted by Crippen LogP contribution is -2.28. The molecule has 0 aliphatic heterocycles. The summed E-state index contributed by atoms with van der Waals surface area (Å²) >= 11 is 0. The molecule has 0 saturated heterocycles. The Morgan fingerprint density at radius 2 is 0.814 bits per heavy atom. The van der Waals surface area contributed by atoms with Crippen LogP contribution in [0.25, 0.3) is 44.5 Å². The van der Waals surface area contributed by atoms with Gasteiger partial charge in [-0.1, -0.05) is 208 Å². The van der Waals surface area contributed by atoms with Gasteiger partial charge in [0.05, 0.1) is 11.1 Å². The van der Waals surface area contributed by atoms with Gasteiger partial charge < -0.3 is 4.90 Å². The smallest absolute Gasteiger partial charge is 0.0714 e. The Labute approximate surface area is 347 Å². The van der Waals surface area contributed by atoms with Gasteiger partial charge in [-0.25, -0.2) is 0 Å². The number of fused-ring (bicyclic) bond motifs is 6. The third kappa shape index (κ3) is 5.31. The van der Waals surface area contributed by atoms with Crippen LogP contribution in [-0.2, 0) is 10.8 Å². The Morgan fingerprint density at radius 1 is 0.322 bits per heavy atom. The second-order valence-corrected chi connectivity index (χ2v) is 16.4. The van der Waals surface area contributed by atoms with E-state index in [0.717, 1.165) is 17.1 Å². The Balaban J connectivity index is 1.18. The Bertz CT molecular complexity index is 2960. The van der Waals surface area contributed by atoms with E-state index >= 15 is 0 Å². The summed E-state index contributed by atoms with van der Waals surface area (Å²) in [6, 6.07) is 83.0. The minimum Gasteiger partial charge on any atom is -0.310 e. The van der Waals surface area contributed by atoms with Crippen molar-refractivity contribution in [2.24, 2.45) is 0 Å². The molecule has 9 aromatic rings. The van der Waals surface area contributed by atoms with E-state index in [0.29, 0.717) is 0 Å². The van der Waals surface area contributed by atoms with Gasteiger partial charge in [0.15, 0.2) is 0 Å². The van der Waals surface area contributed by atoms with Gasteiger partial charge in [0, 0.05) is 22.4 Å². The molecular weight excluding hydrogens is 711 g/mol. The Morgan fingerprint density at radius 3 is 1.51 bits per heavy atom. The van der Waals surface area contributed by atoms with Crippen molar-refractivity contribution in [3.63, 3.8) is 0 Å². The molecule has 0 bridgehead atoms. The van der Waals surface area contributed by atoms with Crippen molar-refractivity contribution in [2.75, 3.05) is 4.90 Å². The van der Waals surface area contributed by atoms with Crippen molar-refractivity contribution in [3.8, 4) is 44.5 Å². The first-order valence-corrected chi connectivity index (χ1v) is 20.7. The van der Waals surface area contributed by atoms with Gasteiger partial charge in [0.2, 0.25) is 0 Å². The molecular formula is C58H43N. The molecule has 0 saturated carbocycles. The summed E-state index contributed by atoms with van der Waals surface area (Å²) in [7, 11) is 0. The van der Waals surface area contributed by atoms with Crippen molar-refractivity contribution in [1.29, 1.82) is 0 Å². The van der Waals surface area contributed by atoms with Crippen LogP contribution in [-0.4, -0.2) is 0 Å². The molecule has 0 heterocycles. The minimum absolute atomic E-state index is 0.100. The quantitative estimate of drug-likeness (QED) is 0.157. The van der Waals surface area contributed by atoms with E-state index in [2.05, 4.69) is 243 Å². The Hall–Kier alpha value is -7.22. The summed E-state index contributed by atoms with van der Waals surface area (Å²) in [5.41, 5.74) is 20.6. The molecule has 1 nitrogen and oxygen atoms in total. The first kappa shape index (κ1) is 35.0. The lowest BCUT2D eigenvalue weighted by Gasteiger charge is -2.35. The standard InChI is InChI=1S/C58H43N/c1-57(2)51-29-15-13-27-50(51)56-49(28-18-31-53(56)57)48-26-14-17-32-55(48)59(44-35-33-41(34-36-44)40-19-6-3-7-20-40)45-37-38-47-46-25-12-16-30-52(46)58(54(47)39-45,42-21-8-4-9-22-42)43-23-10-5-11-24-43/h3-39H,1-2H3. The van der Waals surface area contributed by atoms with Crippen LogP contribution in [0.3, 0.4) is 0 Å². The summed E-state index contributed by atoms with van der Waals surface area (Å²) in [5.74, 6) is 0. The van der Waals surface area contributed by atoms with E-state index < -0.39 is 5.41 Å². The number of hydrogen-bond donors (Lipinski definition) is 0. The highest BCUT2D eigenvalue weighted by atomic mass is 15.1. The van der Waals surface area contributed by atoms with Crippen molar-refractivity contribution in [1.82, 2.24) is 0 Å². The maximum Gasteiger partial charge on any atom is 0.0714 e. The van der Waals surface area contributed by atoms with Crippen LogP contribution < -0.4 is 4.90 Å². The van der Waals surface area contributed by atoms with E-state index in [-0.39, 0.29) is 5.41 Å². The fraction of sp³-hybridized carbons (Fsp3) is 0.0690. The summed E-state index contributed by atoms with van der Waals surface area (Å²) in [6.07, 6.45) is 0. The highest BCUT2D eigenvalue weighted by Crippen LogP contribution is 2.58. The summed E-state index contributed by atoms with van der Waals surface area (Å²) in [6.45, 7) is 4.73. The lowest BCUT2D eigenvalue weighted by atomic mass is 9.67. The molecule has 59 heavy (non-hydrogen) atoms. The van der Waals surface area contributed by atoms with Gasteiger partial charge in [-0.15, -0.1) is 0 Å². The molecule has 280 valence electrons. The van der Waals surface area contributed by atoms with Crippen molar-refractivity contribution in [2.45, 2.75) is 24.7 Å². The van der Waals surface area contributed by atoms with E-state index in [9.17, 15) is 0 Å². The molecule has 0 aromatic heterocycles. The fourth-order valence-electron chi connectivity index (χ4n) is 10.3. The minimum atomic E-state index is -0.512. The highest BCUT2D eigenvalue weighted by Gasteiger charge is 2.46. The van der Waals surface area contributed by atoms with Crippen LogP contribution in [0.15, 0.2) is 224 Å². The number of rotatable bonds is 7. The SMILES string of the molecule is CC1(C)c2ccccc2-c2c(-c3ccccc3N(c3ccc(-c4ccccc4)cc3)c3ccc4c(c3)C(c3ccccc3)(c3ccccc3)c3ccccc3-4)cccc21. The van der Waals surface area contributed by atoms with E-state index in [1.807, 2.05) is 0 Å². The molecule has 0 spiro atoms. The third-order valence-electron chi connectivity index (χ3n) is 13.0. The number of para-hydroxylation sites is 1. The lowest BCUT2D eigenvalue weighted by molar-refractivity contribution is 0.660. The summed E-state index contributed by atoms with van der Waals surface area (Å²) < 4.78 is 0. The molecule has 0 radical (unpaired) electrons. The average Bonchev–Trinajstić information content (AvgIpc) is 3.73. The van der Waals surface area contributed by atoms with Crippen molar-refractivity contribution < 1.29 is 0 Å². The second kappa shape index (κ2) is 13.7. The van der Waals surface area contributed by atoms with Gasteiger partial charge in [0.25, 0.3) is 0 Å². The van der Waals surface area contributed by atoms with Crippen LogP contribution in [0.5, 0.6) is 0 Å². The van der Waals surface area contributed by atoms with Gasteiger partial charge in [-0.05, 0) is 103 Å². The zero-order valence-corrected chi connectivity index (χ0v) is 33.3. The zero-order chi connectivity index (χ0) is 39.6. The van der Waals surface area contributed by atoms with Crippen LogP contribution in [0, 0.1) is 0 Å². The topological polar surface area (TPSA) is 3.24 Å². The fourth-order valence-corrected chi connectivity index (χ4v) is 10.3. The van der Waals surface area contributed by atoms with Crippen LogP contribution in [0.1, 0.15) is 47.2 Å². The second-order valence-electron chi connectivity index (χ2n) is 16.4. The van der Waals surface area contributed by atoms with Gasteiger partial charge in [0.1, 0.15) is 0 Å². The normalized spacial score (nSPS) is 13.9. The molecule has 1 heteroatoms. The van der Waals surface area contributed by atoms with Gasteiger partial charge >= 0.3 is 0 Å². The molecule has 0 unspecified atom stereocenters. The molecule has 2 aliphatic carbocycles. The van der Waals surface area contributed by atoms with E-state index in [4.69, 9.17) is 0 Å². The molecule has 0 fully saturated rings. The Kier molecular flexibility index (Phi) is 8.13. The maximum atomic E-state index is 2.49. The van der Waals surface area contributed by atoms with E-state index in [1.54, 1.807) is 0 Å². The first-order valence-electron chi connectivity index (χ1n) is 20.7. The summed E-state index contributed by atoms with van der Waals surface area (Å²) in [5, 5.41) is 0. The number of nitrogens with zero attached hydrogens (tertiary/aromatic N) is 1. The third-order valence-corrected chi connectivity index (χ3v) is 13.0. The summed E-state index contributed by atoms with van der Waals surface area (Å²) in [4.78, 5) is 2.49. The molecule has 0 amide bonds. The first-order chi connectivity index (χ1) is 29.0. The van der Waals surface area contributed by atoms with Crippen LogP contribution in [0.4, 0.5) is 17.1 Å². The molecule has 11 rings (SSSR count). The molecule has 2 aliphatic rings. The highest BCUT2D eigenvalue weighted by molar-refractivity contribution is 5.99. The zero-order valence-electron chi connectivity index (χ0n) is 33.3. The monoisotopic (exact) mass is 753 g/mol. The van der Waals surface area contributed by atoms with Crippen LogP contribution >= 0.6 is 0 Å². The average molecular weight is 754 g/mol. The van der Waals surface area contributed by atoms with E-state index in [1.165, 1.54) is 77.9 Å².